The number of benzene rings is 1. The molecule has 1 aliphatic rings. The van der Waals surface area contributed by atoms with Crippen LogP contribution in [-0.4, -0.2) is 23.1 Å². The van der Waals surface area contributed by atoms with Crippen LogP contribution in [-0.2, 0) is 6.54 Å². The molecule has 0 aromatic heterocycles. The number of nitrogen functional groups attached to an aromatic ring is 1. The van der Waals surface area contributed by atoms with E-state index in [1.165, 1.54) is 32.4 Å². The Labute approximate surface area is 90.5 Å². The third-order valence-electron chi connectivity index (χ3n) is 2.97. The number of hydrogen-bond donors (Lipinski definition) is 2. The maximum absolute atomic E-state index is 9.25. The van der Waals surface area contributed by atoms with Crippen LogP contribution >= 0.6 is 0 Å². The van der Waals surface area contributed by atoms with Crippen LogP contribution in [0.5, 0.6) is 5.75 Å². The topological polar surface area (TPSA) is 49.5 Å². The smallest absolute Gasteiger partial charge is 0.117 e. The Hall–Kier alpha value is -1.22. The molecule has 3 heteroatoms. The lowest BCUT2D eigenvalue weighted by molar-refractivity contribution is 0.221. The molecule has 1 saturated heterocycles. The Morgan fingerprint density at radius 2 is 1.93 bits per heavy atom. The summed E-state index contributed by atoms with van der Waals surface area (Å²) in [5.41, 5.74) is 7.67. The maximum atomic E-state index is 9.25. The summed E-state index contributed by atoms with van der Waals surface area (Å²) in [5.74, 6) is 0.245. The highest BCUT2D eigenvalue weighted by Crippen LogP contribution is 2.21. The van der Waals surface area contributed by atoms with E-state index in [2.05, 4.69) is 4.90 Å². The molecule has 0 bridgehead atoms. The van der Waals surface area contributed by atoms with E-state index in [4.69, 9.17) is 5.73 Å². The lowest BCUT2D eigenvalue weighted by atomic mass is 10.1. The van der Waals surface area contributed by atoms with Gasteiger partial charge in [0.2, 0.25) is 0 Å². The number of likely N-dealkylation sites (tertiary alicyclic amines) is 1. The molecule has 82 valence electrons. The molecule has 2 rings (SSSR count). The highest BCUT2D eigenvalue weighted by molar-refractivity contribution is 5.50. The van der Waals surface area contributed by atoms with Gasteiger partial charge in [-0.2, -0.15) is 0 Å². The van der Waals surface area contributed by atoms with Crippen LogP contribution in [0.3, 0.4) is 0 Å². The summed E-state index contributed by atoms with van der Waals surface area (Å²) in [6.45, 7) is 3.24. The van der Waals surface area contributed by atoms with Gasteiger partial charge in [0.15, 0.2) is 0 Å². The van der Waals surface area contributed by atoms with Crippen molar-refractivity contribution in [3.8, 4) is 5.75 Å². The number of aromatic hydroxyl groups is 1. The van der Waals surface area contributed by atoms with E-state index < -0.39 is 0 Å². The lowest BCUT2D eigenvalue weighted by Crippen LogP contribution is -2.29. The monoisotopic (exact) mass is 206 g/mol. The second-order valence-electron chi connectivity index (χ2n) is 4.22. The first-order valence-corrected chi connectivity index (χ1v) is 5.55. The fraction of sp³-hybridized carbons (Fsp3) is 0.500. The van der Waals surface area contributed by atoms with Crippen molar-refractivity contribution < 1.29 is 5.11 Å². The number of hydrogen-bond acceptors (Lipinski definition) is 3. The Balaban J connectivity index is 2.03. The average Bonchev–Trinajstić information content (AvgIpc) is 2.24. The van der Waals surface area contributed by atoms with Crippen molar-refractivity contribution >= 4 is 5.69 Å². The number of piperidine rings is 1. The Morgan fingerprint density at radius 3 is 2.60 bits per heavy atom. The van der Waals surface area contributed by atoms with Crippen LogP contribution in [0.15, 0.2) is 18.2 Å². The van der Waals surface area contributed by atoms with Gasteiger partial charge in [0, 0.05) is 18.3 Å². The van der Waals surface area contributed by atoms with Crippen molar-refractivity contribution in [3.63, 3.8) is 0 Å². The van der Waals surface area contributed by atoms with E-state index in [1.54, 1.807) is 12.1 Å². The van der Waals surface area contributed by atoms with Crippen molar-refractivity contribution in [1.82, 2.24) is 4.90 Å². The van der Waals surface area contributed by atoms with Crippen molar-refractivity contribution in [2.75, 3.05) is 18.8 Å². The summed E-state index contributed by atoms with van der Waals surface area (Å²) in [6, 6.07) is 5.24. The third kappa shape index (κ3) is 2.63. The standard InChI is InChI=1S/C12H18N2O/c13-12-8-11(15)5-4-10(12)9-14-6-2-1-3-7-14/h4-5,8,15H,1-3,6-7,9,13H2. The first-order chi connectivity index (χ1) is 7.25. The largest absolute Gasteiger partial charge is 0.508 e. The number of rotatable bonds is 2. The highest BCUT2D eigenvalue weighted by atomic mass is 16.3. The molecule has 3 N–H and O–H groups in total. The van der Waals surface area contributed by atoms with Gasteiger partial charge in [0.05, 0.1) is 0 Å². The number of anilines is 1. The summed E-state index contributed by atoms with van der Waals surface area (Å²) >= 11 is 0. The van der Waals surface area contributed by atoms with Crippen LogP contribution in [0, 0.1) is 0 Å². The van der Waals surface area contributed by atoms with Gasteiger partial charge in [-0.25, -0.2) is 0 Å². The van der Waals surface area contributed by atoms with Gasteiger partial charge < -0.3 is 10.8 Å². The summed E-state index contributed by atoms with van der Waals surface area (Å²) < 4.78 is 0. The molecule has 15 heavy (non-hydrogen) atoms. The molecule has 0 radical (unpaired) electrons. The fourth-order valence-corrected chi connectivity index (χ4v) is 2.08. The first kappa shape index (κ1) is 10.3. The minimum Gasteiger partial charge on any atom is -0.508 e. The van der Waals surface area contributed by atoms with Gasteiger partial charge in [0.1, 0.15) is 5.75 Å². The molecule has 0 aliphatic carbocycles. The van der Waals surface area contributed by atoms with Gasteiger partial charge in [-0.05, 0) is 37.6 Å². The van der Waals surface area contributed by atoms with E-state index in [9.17, 15) is 5.11 Å². The number of phenolic OH excluding ortho intramolecular Hbond substituents is 1. The minimum absolute atomic E-state index is 0.245. The molecule has 0 amide bonds. The normalized spacial score (nSPS) is 17.9. The molecule has 1 aromatic carbocycles. The molecule has 0 unspecified atom stereocenters. The number of nitrogens with zero attached hydrogens (tertiary/aromatic N) is 1. The van der Waals surface area contributed by atoms with E-state index >= 15 is 0 Å². The van der Waals surface area contributed by atoms with Gasteiger partial charge >= 0.3 is 0 Å². The number of nitrogens with two attached hydrogens (primary N) is 1. The van der Waals surface area contributed by atoms with Crippen molar-refractivity contribution in [2.24, 2.45) is 0 Å². The van der Waals surface area contributed by atoms with Crippen molar-refractivity contribution in [3.05, 3.63) is 23.8 Å². The van der Waals surface area contributed by atoms with Gasteiger partial charge in [-0.15, -0.1) is 0 Å². The quantitative estimate of drug-likeness (QED) is 0.727. The average molecular weight is 206 g/mol. The van der Waals surface area contributed by atoms with Crippen molar-refractivity contribution in [2.45, 2.75) is 25.8 Å². The van der Waals surface area contributed by atoms with E-state index in [0.717, 1.165) is 12.1 Å². The molecule has 1 heterocycles. The molecule has 3 nitrogen and oxygen atoms in total. The molecule has 0 saturated carbocycles. The Kier molecular flexibility index (Phi) is 3.11. The van der Waals surface area contributed by atoms with E-state index in [0.29, 0.717) is 5.69 Å². The van der Waals surface area contributed by atoms with E-state index in [1.807, 2.05) is 6.07 Å². The lowest BCUT2D eigenvalue weighted by Gasteiger charge is -2.26. The highest BCUT2D eigenvalue weighted by Gasteiger charge is 2.11. The zero-order valence-corrected chi connectivity index (χ0v) is 8.95. The maximum Gasteiger partial charge on any atom is 0.117 e. The zero-order valence-electron chi connectivity index (χ0n) is 8.95. The van der Waals surface area contributed by atoms with Crippen LogP contribution < -0.4 is 5.73 Å². The molecule has 1 aromatic rings. The van der Waals surface area contributed by atoms with Gasteiger partial charge in [0.25, 0.3) is 0 Å². The van der Waals surface area contributed by atoms with Crippen LogP contribution in [0.2, 0.25) is 0 Å². The van der Waals surface area contributed by atoms with Crippen LogP contribution in [0.4, 0.5) is 5.69 Å². The second-order valence-corrected chi connectivity index (χ2v) is 4.22. The van der Waals surface area contributed by atoms with Crippen LogP contribution in [0.25, 0.3) is 0 Å². The summed E-state index contributed by atoms with van der Waals surface area (Å²) in [6.07, 6.45) is 3.93. The molecule has 1 fully saturated rings. The zero-order chi connectivity index (χ0) is 10.7. The predicted octanol–water partition coefficient (Wildman–Crippen LogP) is 1.96. The molecule has 0 atom stereocenters. The molecular weight excluding hydrogens is 188 g/mol. The minimum atomic E-state index is 0.245. The Bertz CT molecular complexity index is 332. The summed E-state index contributed by atoms with van der Waals surface area (Å²) in [7, 11) is 0. The second kappa shape index (κ2) is 4.53. The summed E-state index contributed by atoms with van der Waals surface area (Å²) in [4.78, 5) is 2.42. The van der Waals surface area contributed by atoms with Crippen molar-refractivity contribution in [1.29, 1.82) is 0 Å². The molecule has 1 aliphatic heterocycles. The fourth-order valence-electron chi connectivity index (χ4n) is 2.08. The summed E-state index contributed by atoms with van der Waals surface area (Å²) in [5, 5.41) is 9.25. The SMILES string of the molecule is Nc1cc(O)ccc1CN1CCCCC1. The van der Waals surface area contributed by atoms with Gasteiger partial charge in [-0.1, -0.05) is 12.5 Å². The Morgan fingerprint density at radius 1 is 1.20 bits per heavy atom. The van der Waals surface area contributed by atoms with E-state index in [-0.39, 0.29) is 5.75 Å². The number of phenols is 1. The molecule has 0 spiro atoms. The predicted molar refractivity (Wildman–Crippen MR) is 61.6 cm³/mol. The molecular formula is C12H18N2O. The first-order valence-electron chi connectivity index (χ1n) is 5.55. The van der Waals surface area contributed by atoms with Gasteiger partial charge in [-0.3, -0.25) is 4.90 Å². The van der Waals surface area contributed by atoms with Crippen LogP contribution in [0.1, 0.15) is 24.8 Å². The third-order valence-corrected chi connectivity index (χ3v) is 2.97.